The number of hydrogen-bond acceptors (Lipinski definition) is 5. The molecule has 21 heavy (non-hydrogen) atoms. The van der Waals surface area contributed by atoms with Crippen LogP contribution >= 0.6 is 22.7 Å². The minimum absolute atomic E-state index is 0.122. The van der Waals surface area contributed by atoms with Crippen molar-refractivity contribution in [3.8, 4) is 5.75 Å². The molecular weight excluding hydrogens is 302 g/mol. The average Bonchev–Trinajstić information content (AvgIpc) is 3.17. The summed E-state index contributed by atoms with van der Waals surface area (Å²) >= 11 is 3.63. The normalized spacial score (nSPS) is 12.9. The first kappa shape index (κ1) is 14.6. The number of thiophene rings is 2. The van der Waals surface area contributed by atoms with Gasteiger partial charge in [0, 0.05) is 20.8 Å². The molecule has 1 N–H and O–H groups in total. The van der Waals surface area contributed by atoms with Crippen LogP contribution in [-0.4, -0.2) is 23.4 Å². The zero-order valence-electron chi connectivity index (χ0n) is 12.4. The van der Waals surface area contributed by atoms with Gasteiger partial charge in [0.05, 0.1) is 19.3 Å². The molecule has 3 aromatic heterocycles. The Morgan fingerprint density at radius 2 is 2.24 bits per heavy atom. The van der Waals surface area contributed by atoms with E-state index in [1.165, 1.54) is 14.3 Å². The van der Waals surface area contributed by atoms with Crippen LogP contribution in [0.4, 0.5) is 0 Å². The molecule has 1 unspecified atom stereocenters. The molecule has 3 aromatic rings. The van der Waals surface area contributed by atoms with Crippen LogP contribution in [0.25, 0.3) is 9.40 Å². The van der Waals surface area contributed by atoms with Gasteiger partial charge in [-0.1, -0.05) is 6.92 Å². The molecule has 0 amide bonds. The SMILES string of the molecule is CCNC(c1cc2sccc2s1)c1c(OC)cnn1CC. The Kier molecular flexibility index (Phi) is 4.28. The summed E-state index contributed by atoms with van der Waals surface area (Å²) in [6.07, 6.45) is 1.80. The number of rotatable bonds is 6. The van der Waals surface area contributed by atoms with Crippen LogP contribution in [0.15, 0.2) is 23.7 Å². The van der Waals surface area contributed by atoms with Gasteiger partial charge < -0.3 is 10.1 Å². The molecule has 0 saturated carbocycles. The molecule has 0 saturated heterocycles. The average molecular weight is 321 g/mol. The van der Waals surface area contributed by atoms with Crippen molar-refractivity contribution in [2.75, 3.05) is 13.7 Å². The molecular formula is C15H19N3OS2. The van der Waals surface area contributed by atoms with Gasteiger partial charge in [-0.15, -0.1) is 22.7 Å². The Bertz CT molecular complexity index is 678. The van der Waals surface area contributed by atoms with Crippen LogP contribution in [0.2, 0.25) is 0 Å². The third kappa shape index (κ3) is 2.59. The van der Waals surface area contributed by atoms with Gasteiger partial charge in [0.2, 0.25) is 0 Å². The fraction of sp³-hybridized carbons (Fsp3) is 0.400. The monoisotopic (exact) mass is 321 g/mol. The first-order valence-electron chi connectivity index (χ1n) is 7.08. The highest BCUT2D eigenvalue weighted by Gasteiger charge is 2.24. The number of ether oxygens (including phenoxy) is 1. The van der Waals surface area contributed by atoms with E-state index < -0.39 is 0 Å². The lowest BCUT2D eigenvalue weighted by Gasteiger charge is -2.19. The third-order valence-corrected chi connectivity index (χ3v) is 5.65. The molecule has 6 heteroatoms. The summed E-state index contributed by atoms with van der Waals surface area (Å²) < 4.78 is 10.2. The molecule has 4 nitrogen and oxygen atoms in total. The Morgan fingerprint density at radius 3 is 2.90 bits per heavy atom. The number of aryl methyl sites for hydroxylation is 1. The third-order valence-electron chi connectivity index (χ3n) is 3.49. The number of fused-ring (bicyclic) bond motifs is 1. The van der Waals surface area contributed by atoms with Crippen molar-refractivity contribution in [3.63, 3.8) is 0 Å². The van der Waals surface area contributed by atoms with Crippen LogP contribution < -0.4 is 10.1 Å². The van der Waals surface area contributed by atoms with Crippen molar-refractivity contribution in [3.05, 3.63) is 34.3 Å². The van der Waals surface area contributed by atoms with Crippen molar-refractivity contribution in [2.45, 2.75) is 26.4 Å². The van der Waals surface area contributed by atoms with E-state index in [2.05, 4.69) is 41.8 Å². The molecule has 3 heterocycles. The maximum absolute atomic E-state index is 5.52. The lowest BCUT2D eigenvalue weighted by atomic mass is 10.1. The summed E-state index contributed by atoms with van der Waals surface area (Å²) in [7, 11) is 1.70. The van der Waals surface area contributed by atoms with E-state index in [4.69, 9.17) is 4.74 Å². The van der Waals surface area contributed by atoms with Gasteiger partial charge in [-0.25, -0.2) is 0 Å². The fourth-order valence-corrected chi connectivity index (χ4v) is 4.74. The van der Waals surface area contributed by atoms with E-state index >= 15 is 0 Å². The molecule has 0 aliphatic rings. The molecule has 0 bridgehead atoms. The molecule has 0 aromatic carbocycles. The Hall–Kier alpha value is -1.37. The second-order valence-corrected chi connectivity index (χ2v) is 6.77. The summed E-state index contributed by atoms with van der Waals surface area (Å²) in [4.78, 5) is 1.31. The Labute approximate surface area is 132 Å². The number of methoxy groups -OCH3 is 1. The van der Waals surface area contributed by atoms with Gasteiger partial charge in [-0.3, -0.25) is 4.68 Å². The van der Waals surface area contributed by atoms with Gasteiger partial charge >= 0.3 is 0 Å². The minimum Gasteiger partial charge on any atom is -0.493 e. The largest absolute Gasteiger partial charge is 0.493 e. The van der Waals surface area contributed by atoms with E-state index in [1.54, 1.807) is 24.6 Å². The second kappa shape index (κ2) is 6.17. The quantitative estimate of drug-likeness (QED) is 0.749. The van der Waals surface area contributed by atoms with E-state index in [0.717, 1.165) is 24.5 Å². The topological polar surface area (TPSA) is 39.1 Å². The predicted octanol–water partition coefficient (Wildman–Crippen LogP) is 3.89. The molecule has 0 aliphatic carbocycles. The van der Waals surface area contributed by atoms with Crippen molar-refractivity contribution in [1.82, 2.24) is 15.1 Å². The highest BCUT2D eigenvalue weighted by atomic mass is 32.1. The molecule has 3 rings (SSSR count). The Morgan fingerprint density at radius 1 is 1.38 bits per heavy atom. The second-order valence-electron chi connectivity index (χ2n) is 4.70. The Balaban J connectivity index is 2.09. The zero-order chi connectivity index (χ0) is 14.8. The van der Waals surface area contributed by atoms with Crippen molar-refractivity contribution in [1.29, 1.82) is 0 Å². The summed E-state index contributed by atoms with van der Waals surface area (Å²) in [5, 5.41) is 10.2. The number of aromatic nitrogens is 2. The lowest BCUT2D eigenvalue weighted by Crippen LogP contribution is -2.24. The highest BCUT2D eigenvalue weighted by Crippen LogP contribution is 2.38. The maximum atomic E-state index is 5.52. The van der Waals surface area contributed by atoms with Crippen LogP contribution in [-0.2, 0) is 6.54 Å². The maximum Gasteiger partial charge on any atom is 0.161 e. The first-order valence-corrected chi connectivity index (χ1v) is 8.78. The summed E-state index contributed by atoms with van der Waals surface area (Å²) in [5.41, 5.74) is 1.11. The molecule has 0 aliphatic heterocycles. The number of nitrogens with zero attached hydrogens (tertiary/aromatic N) is 2. The van der Waals surface area contributed by atoms with Crippen LogP contribution in [0.3, 0.4) is 0 Å². The van der Waals surface area contributed by atoms with E-state index in [-0.39, 0.29) is 6.04 Å². The van der Waals surface area contributed by atoms with Crippen molar-refractivity contribution in [2.24, 2.45) is 0 Å². The van der Waals surface area contributed by atoms with Crippen LogP contribution in [0.1, 0.15) is 30.5 Å². The van der Waals surface area contributed by atoms with Gasteiger partial charge in [-0.2, -0.15) is 5.10 Å². The molecule has 112 valence electrons. The van der Waals surface area contributed by atoms with Gasteiger partial charge in [-0.05, 0) is 31.0 Å². The van der Waals surface area contributed by atoms with Gasteiger partial charge in [0.15, 0.2) is 5.75 Å². The minimum atomic E-state index is 0.122. The number of hydrogen-bond donors (Lipinski definition) is 1. The van der Waals surface area contributed by atoms with Crippen LogP contribution in [0, 0.1) is 0 Å². The van der Waals surface area contributed by atoms with E-state index in [0.29, 0.717) is 0 Å². The summed E-state index contributed by atoms with van der Waals surface area (Å²) in [6, 6.07) is 4.59. The highest BCUT2D eigenvalue weighted by molar-refractivity contribution is 7.27. The fourth-order valence-electron chi connectivity index (χ4n) is 2.54. The van der Waals surface area contributed by atoms with E-state index in [1.807, 2.05) is 16.0 Å². The van der Waals surface area contributed by atoms with Crippen LogP contribution in [0.5, 0.6) is 5.75 Å². The van der Waals surface area contributed by atoms with Crippen molar-refractivity contribution >= 4 is 32.1 Å². The summed E-state index contributed by atoms with van der Waals surface area (Å²) in [6.45, 7) is 5.96. The first-order chi connectivity index (χ1) is 10.3. The zero-order valence-corrected chi connectivity index (χ0v) is 14.1. The van der Waals surface area contributed by atoms with Gasteiger partial charge in [0.1, 0.15) is 5.69 Å². The van der Waals surface area contributed by atoms with Crippen molar-refractivity contribution < 1.29 is 4.74 Å². The molecule has 0 fully saturated rings. The lowest BCUT2D eigenvalue weighted by molar-refractivity contribution is 0.400. The molecule has 0 spiro atoms. The molecule has 1 atom stereocenters. The predicted molar refractivity (Wildman–Crippen MR) is 89.7 cm³/mol. The van der Waals surface area contributed by atoms with E-state index in [9.17, 15) is 0 Å². The summed E-state index contributed by atoms with van der Waals surface area (Å²) in [5.74, 6) is 0.847. The van der Waals surface area contributed by atoms with Gasteiger partial charge in [0.25, 0.3) is 0 Å². The molecule has 0 radical (unpaired) electrons. The smallest absolute Gasteiger partial charge is 0.161 e. The number of nitrogens with one attached hydrogen (secondary N) is 1. The standard InChI is InChI=1S/C15H19N3OS2/c1-4-16-14(13-8-12-11(21-13)6-7-20-12)15-10(19-3)9-17-18(15)5-2/h6-9,14,16H,4-5H2,1-3H3.